The molecule has 172 valence electrons. The number of halogens is 3. The molecular weight excluding hydrogens is 441 g/mol. The molecule has 1 saturated carbocycles. The van der Waals surface area contributed by atoms with Gasteiger partial charge in [0.1, 0.15) is 11.8 Å². The monoisotopic (exact) mass is 460 g/mol. The molecule has 3 aromatic heterocycles. The topological polar surface area (TPSA) is 148 Å². The minimum atomic E-state index is -4.62. The predicted octanol–water partition coefficient (Wildman–Crippen LogP) is 2.19. The third-order valence-electron chi connectivity index (χ3n) is 5.89. The van der Waals surface area contributed by atoms with E-state index in [0.717, 1.165) is 6.42 Å². The van der Waals surface area contributed by atoms with Crippen LogP contribution >= 0.6 is 0 Å². The van der Waals surface area contributed by atoms with Crippen LogP contribution in [0.1, 0.15) is 41.5 Å². The molecule has 0 bridgehead atoms. The summed E-state index contributed by atoms with van der Waals surface area (Å²) in [5.41, 5.74) is 7.12. The molecule has 10 nitrogen and oxygen atoms in total. The summed E-state index contributed by atoms with van der Waals surface area (Å²) in [6.45, 7) is 0. The van der Waals surface area contributed by atoms with Gasteiger partial charge >= 0.3 is 6.18 Å². The highest BCUT2D eigenvalue weighted by atomic mass is 19.4. The molecule has 5 N–H and O–H groups in total. The summed E-state index contributed by atoms with van der Waals surface area (Å²) in [4.78, 5) is 30.9. The zero-order valence-electron chi connectivity index (χ0n) is 17.0. The van der Waals surface area contributed by atoms with E-state index in [1.165, 1.54) is 30.9 Å². The zero-order chi connectivity index (χ0) is 23.3. The Morgan fingerprint density at radius 2 is 2.06 bits per heavy atom. The number of hydrogen-bond acceptors (Lipinski definition) is 7. The van der Waals surface area contributed by atoms with Gasteiger partial charge in [-0.15, -0.1) is 0 Å². The lowest BCUT2D eigenvalue weighted by Gasteiger charge is -2.36. The van der Waals surface area contributed by atoms with Gasteiger partial charge in [-0.05, 0) is 37.5 Å². The van der Waals surface area contributed by atoms with Crippen molar-refractivity contribution in [2.24, 2.45) is 0 Å². The van der Waals surface area contributed by atoms with Crippen molar-refractivity contribution in [1.29, 1.82) is 0 Å². The van der Waals surface area contributed by atoms with Crippen molar-refractivity contribution in [3.8, 4) is 0 Å². The SMILES string of the molecule is Nc1ncnc2c1ncn2[C@H]1CCC[C@H](NC(=O)c2ccc3nc(C(F)(F)F)[nH]c3c2)[C@@H]1O. The maximum Gasteiger partial charge on any atom is 0.449 e. The second-order valence-electron chi connectivity index (χ2n) is 7.97. The van der Waals surface area contributed by atoms with Crippen molar-refractivity contribution in [1.82, 2.24) is 34.8 Å². The smallest absolute Gasteiger partial charge is 0.389 e. The van der Waals surface area contributed by atoms with E-state index in [4.69, 9.17) is 5.73 Å². The Morgan fingerprint density at radius 3 is 2.85 bits per heavy atom. The Hall–Kier alpha value is -3.74. The van der Waals surface area contributed by atoms with Gasteiger partial charge in [0.2, 0.25) is 5.82 Å². The summed E-state index contributed by atoms with van der Waals surface area (Å²) in [7, 11) is 0. The van der Waals surface area contributed by atoms with Gasteiger partial charge in [-0.25, -0.2) is 19.9 Å². The van der Waals surface area contributed by atoms with Crippen LogP contribution in [-0.2, 0) is 6.18 Å². The van der Waals surface area contributed by atoms with E-state index in [9.17, 15) is 23.1 Å². The van der Waals surface area contributed by atoms with Crippen LogP contribution in [0.15, 0.2) is 30.9 Å². The Bertz CT molecular complexity index is 1350. The highest BCUT2D eigenvalue weighted by Gasteiger charge is 2.36. The summed E-state index contributed by atoms with van der Waals surface area (Å²) in [6, 6.07) is 3.08. The molecule has 1 amide bonds. The molecule has 3 heterocycles. The van der Waals surface area contributed by atoms with Crippen molar-refractivity contribution < 1.29 is 23.1 Å². The summed E-state index contributed by atoms with van der Waals surface area (Å²) in [5.74, 6) is -1.40. The fraction of sp³-hybridized carbons (Fsp3) is 0.350. The number of imidazole rings is 2. The number of amides is 1. The molecule has 0 spiro atoms. The average Bonchev–Trinajstić information content (AvgIpc) is 3.40. The van der Waals surface area contributed by atoms with Gasteiger partial charge in [0.25, 0.3) is 5.91 Å². The lowest BCUT2D eigenvalue weighted by Crippen LogP contribution is -2.49. The van der Waals surface area contributed by atoms with Crippen LogP contribution in [0.2, 0.25) is 0 Å². The Kier molecular flexibility index (Phi) is 4.92. The van der Waals surface area contributed by atoms with Gasteiger partial charge in [-0.1, -0.05) is 0 Å². The average molecular weight is 460 g/mol. The Labute approximate surface area is 184 Å². The number of aromatic nitrogens is 6. The zero-order valence-corrected chi connectivity index (χ0v) is 17.0. The molecule has 13 heteroatoms. The van der Waals surface area contributed by atoms with E-state index >= 15 is 0 Å². The van der Waals surface area contributed by atoms with E-state index in [0.29, 0.717) is 24.0 Å². The van der Waals surface area contributed by atoms with Crippen LogP contribution in [0, 0.1) is 0 Å². The van der Waals surface area contributed by atoms with Crippen molar-refractivity contribution in [2.75, 3.05) is 5.73 Å². The first-order chi connectivity index (χ1) is 15.7. The van der Waals surface area contributed by atoms with Gasteiger partial charge in [-0.3, -0.25) is 4.79 Å². The Morgan fingerprint density at radius 1 is 1.24 bits per heavy atom. The fourth-order valence-electron chi connectivity index (χ4n) is 4.27. The Balaban J connectivity index is 1.36. The van der Waals surface area contributed by atoms with E-state index in [-0.39, 0.29) is 22.4 Å². The van der Waals surface area contributed by atoms with Crippen molar-refractivity contribution >= 4 is 33.9 Å². The number of aromatic amines is 1. The summed E-state index contributed by atoms with van der Waals surface area (Å²) >= 11 is 0. The summed E-state index contributed by atoms with van der Waals surface area (Å²) < 4.78 is 40.4. The maximum absolute atomic E-state index is 12.9. The number of anilines is 1. The predicted molar refractivity (Wildman–Crippen MR) is 111 cm³/mol. The molecule has 1 aromatic carbocycles. The molecule has 1 fully saturated rings. The minimum absolute atomic E-state index is 0.0965. The van der Waals surface area contributed by atoms with E-state index in [1.807, 2.05) is 0 Å². The number of rotatable bonds is 3. The molecule has 3 atom stereocenters. The van der Waals surface area contributed by atoms with Gasteiger partial charge < -0.3 is 25.7 Å². The van der Waals surface area contributed by atoms with E-state index < -0.39 is 36.1 Å². The van der Waals surface area contributed by atoms with Crippen molar-refractivity contribution in [2.45, 2.75) is 43.6 Å². The molecule has 1 aliphatic carbocycles. The molecule has 0 radical (unpaired) electrons. The number of H-pyrrole nitrogens is 1. The fourth-order valence-corrected chi connectivity index (χ4v) is 4.27. The number of hydrogen-bond donors (Lipinski definition) is 4. The molecule has 1 aliphatic rings. The second-order valence-corrected chi connectivity index (χ2v) is 7.97. The van der Waals surface area contributed by atoms with Gasteiger partial charge in [0, 0.05) is 5.56 Å². The standard InChI is InChI=1S/C20H19F3N8O2/c21-20(22,23)19-29-10-5-4-9(6-12(10)30-19)18(33)28-11-2-1-3-13(15(11)32)31-8-27-14-16(24)25-7-26-17(14)31/h4-8,11,13,15,32H,1-3H2,(H,28,33)(H,29,30)(H2,24,25,26)/t11-,13-,15-/m0/s1. The minimum Gasteiger partial charge on any atom is -0.389 e. The number of fused-ring (bicyclic) bond motifs is 2. The first-order valence-corrected chi connectivity index (χ1v) is 10.2. The highest BCUT2D eigenvalue weighted by Crippen LogP contribution is 2.32. The molecular formula is C20H19F3N8O2. The molecule has 5 rings (SSSR count). The van der Waals surface area contributed by atoms with Gasteiger partial charge in [0.15, 0.2) is 11.5 Å². The third-order valence-corrected chi connectivity index (χ3v) is 5.89. The second kappa shape index (κ2) is 7.69. The number of nitrogens with one attached hydrogen (secondary N) is 2. The maximum atomic E-state index is 12.9. The van der Waals surface area contributed by atoms with Crippen molar-refractivity contribution in [3.05, 3.63) is 42.2 Å². The lowest BCUT2D eigenvalue weighted by atomic mass is 9.87. The van der Waals surface area contributed by atoms with Crippen LogP contribution in [-0.4, -0.2) is 52.6 Å². The van der Waals surface area contributed by atoms with Crippen molar-refractivity contribution in [3.63, 3.8) is 0 Å². The molecule has 0 aliphatic heterocycles. The molecule has 4 aromatic rings. The number of aliphatic hydroxyl groups is 1. The summed E-state index contributed by atoms with van der Waals surface area (Å²) in [5, 5.41) is 13.8. The summed E-state index contributed by atoms with van der Waals surface area (Å²) in [6.07, 6.45) is -0.792. The molecule has 33 heavy (non-hydrogen) atoms. The number of aliphatic hydroxyl groups excluding tert-OH is 1. The van der Waals surface area contributed by atoms with Crippen LogP contribution < -0.4 is 11.1 Å². The van der Waals surface area contributed by atoms with E-state index in [2.05, 4.69) is 30.2 Å². The first kappa shape index (κ1) is 21.1. The van der Waals surface area contributed by atoms with Crippen LogP contribution in [0.5, 0.6) is 0 Å². The normalized spacial score (nSPS) is 21.5. The number of carbonyl (C=O) groups excluding carboxylic acids is 1. The lowest BCUT2D eigenvalue weighted by molar-refractivity contribution is -0.144. The number of nitrogens with zero attached hydrogens (tertiary/aromatic N) is 5. The van der Waals surface area contributed by atoms with Gasteiger partial charge in [-0.2, -0.15) is 13.2 Å². The number of nitrogen functional groups attached to an aromatic ring is 1. The highest BCUT2D eigenvalue weighted by molar-refractivity contribution is 5.97. The number of benzene rings is 1. The molecule has 0 unspecified atom stereocenters. The van der Waals surface area contributed by atoms with Crippen LogP contribution in [0.4, 0.5) is 19.0 Å². The van der Waals surface area contributed by atoms with E-state index in [1.54, 1.807) is 4.57 Å². The first-order valence-electron chi connectivity index (χ1n) is 10.2. The van der Waals surface area contributed by atoms with Gasteiger partial charge in [0.05, 0.1) is 35.5 Å². The third kappa shape index (κ3) is 3.73. The number of carbonyl (C=O) groups is 1. The van der Waals surface area contributed by atoms with Crippen LogP contribution in [0.3, 0.4) is 0 Å². The number of nitrogens with two attached hydrogens (primary N) is 1. The molecule has 0 saturated heterocycles. The van der Waals surface area contributed by atoms with Crippen LogP contribution in [0.25, 0.3) is 22.2 Å². The number of alkyl halides is 3. The quantitative estimate of drug-likeness (QED) is 0.366. The largest absolute Gasteiger partial charge is 0.449 e.